The highest BCUT2D eigenvalue weighted by molar-refractivity contribution is 5.27. The van der Waals surface area contributed by atoms with Gasteiger partial charge in [-0.2, -0.15) is 0 Å². The van der Waals surface area contributed by atoms with Crippen molar-refractivity contribution >= 4 is 0 Å². The molecule has 2 unspecified atom stereocenters. The number of nitrogens with zero attached hydrogens (tertiary/aromatic N) is 1. The third kappa shape index (κ3) is 4.45. The minimum atomic E-state index is -0.117. The van der Waals surface area contributed by atoms with Gasteiger partial charge in [-0.25, -0.2) is 0 Å². The van der Waals surface area contributed by atoms with E-state index in [0.717, 1.165) is 11.3 Å². The number of aromatic nitrogens is 1. The number of nitrogens with one attached hydrogen (secondary N) is 1. The zero-order valence-electron chi connectivity index (χ0n) is 12.4. The number of pyridine rings is 1. The number of hydrogen-bond donors (Lipinski definition) is 2. The Morgan fingerprint density at radius 1 is 1.21 bits per heavy atom. The number of methoxy groups -OCH3 is 1. The van der Waals surface area contributed by atoms with E-state index in [1.807, 2.05) is 19.9 Å². The van der Waals surface area contributed by atoms with Gasteiger partial charge in [-0.15, -0.1) is 0 Å². The van der Waals surface area contributed by atoms with Gasteiger partial charge in [-0.05, 0) is 31.4 Å². The fourth-order valence-corrected chi connectivity index (χ4v) is 2.12. The van der Waals surface area contributed by atoms with Crippen molar-refractivity contribution in [3.8, 4) is 5.75 Å². The molecule has 2 atom stereocenters. The fraction of sp³-hybridized carbons (Fsp3) is 0.643. The minimum Gasteiger partial charge on any atom is -0.489 e. The quantitative estimate of drug-likeness (QED) is 0.584. The van der Waals surface area contributed by atoms with E-state index in [0.29, 0.717) is 5.92 Å². The summed E-state index contributed by atoms with van der Waals surface area (Å²) in [6.45, 7) is 8.16. The summed E-state index contributed by atoms with van der Waals surface area (Å²) in [5, 5.41) is 0. The summed E-state index contributed by atoms with van der Waals surface area (Å²) in [4.78, 5) is 4.21. The molecule has 5 nitrogen and oxygen atoms in total. The first-order valence-electron chi connectivity index (χ1n) is 6.60. The summed E-state index contributed by atoms with van der Waals surface area (Å²) >= 11 is 0. The lowest BCUT2D eigenvalue weighted by Crippen LogP contribution is -2.40. The maximum absolute atomic E-state index is 5.67. The highest BCUT2D eigenvalue weighted by atomic mass is 16.5. The molecule has 0 saturated carbocycles. The van der Waals surface area contributed by atoms with Gasteiger partial charge in [0.15, 0.2) is 0 Å². The molecule has 0 amide bonds. The molecule has 0 bridgehead atoms. The van der Waals surface area contributed by atoms with E-state index in [1.165, 1.54) is 0 Å². The van der Waals surface area contributed by atoms with Crippen LogP contribution in [0.5, 0.6) is 5.75 Å². The normalized spacial score (nSPS) is 14.7. The van der Waals surface area contributed by atoms with Gasteiger partial charge in [-0.3, -0.25) is 16.3 Å². The maximum atomic E-state index is 5.67. The van der Waals surface area contributed by atoms with Gasteiger partial charge in [0.05, 0.1) is 24.4 Å². The van der Waals surface area contributed by atoms with Crippen LogP contribution in [0.3, 0.4) is 0 Å². The van der Waals surface area contributed by atoms with Gasteiger partial charge < -0.3 is 9.47 Å². The topological polar surface area (TPSA) is 69.4 Å². The molecule has 1 rings (SSSR count). The second kappa shape index (κ2) is 7.43. The van der Waals surface area contributed by atoms with Crippen LogP contribution in [0.1, 0.15) is 39.3 Å². The number of nitrogens with two attached hydrogens (primary N) is 1. The molecule has 1 aromatic heterocycles. The molecule has 0 aliphatic heterocycles. The number of rotatable bonds is 7. The maximum Gasteiger partial charge on any atom is 0.138 e. The zero-order chi connectivity index (χ0) is 14.4. The van der Waals surface area contributed by atoms with Gasteiger partial charge in [0.25, 0.3) is 0 Å². The fourth-order valence-electron chi connectivity index (χ4n) is 2.12. The van der Waals surface area contributed by atoms with Crippen LogP contribution in [0.15, 0.2) is 18.5 Å². The summed E-state index contributed by atoms with van der Waals surface area (Å²) in [5.41, 5.74) is 3.77. The number of hydrogen-bond acceptors (Lipinski definition) is 5. The molecule has 5 heteroatoms. The van der Waals surface area contributed by atoms with Gasteiger partial charge in [0, 0.05) is 13.3 Å². The Morgan fingerprint density at radius 3 is 2.37 bits per heavy atom. The van der Waals surface area contributed by atoms with Crippen molar-refractivity contribution in [2.45, 2.75) is 45.9 Å². The second-order valence-electron chi connectivity index (χ2n) is 5.21. The van der Waals surface area contributed by atoms with Crippen LogP contribution in [0.4, 0.5) is 0 Å². The van der Waals surface area contributed by atoms with Crippen molar-refractivity contribution in [1.82, 2.24) is 10.4 Å². The number of hydrazine groups is 1. The molecule has 0 fully saturated rings. The van der Waals surface area contributed by atoms with Crippen molar-refractivity contribution in [1.29, 1.82) is 0 Å². The highest BCUT2D eigenvalue weighted by Gasteiger charge is 2.25. The average molecular weight is 267 g/mol. The predicted octanol–water partition coefficient (Wildman–Crippen LogP) is 2.04. The van der Waals surface area contributed by atoms with Crippen molar-refractivity contribution in [2.24, 2.45) is 11.8 Å². The Morgan fingerprint density at radius 2 is 1.89 bits per heavy atom. The summed E-state index contributed by atoms with van der Waals surface area (Å²) < 4.78 is 11.2. The van der Waals surface area contributed by atoms with Crippen LogP contribution in [0.25, 0.3) is 0 Å². The van der Waals surface area contributed by atoms with Gasteiger partial charge >= 0.3 is 0 Å². The van der Waals surface area contributed by atoms with E-state index >= 15 is 0 Å². The Hall–Kier alpha value is -1.17. The van der Waals surface area contributed by atoms with E-state index in [4.69, 9.17) is 15.3 Å². The van der Waals surface area contributed by atoms with Crippen molar-refractivity contribution < 1.29 is 9.47 Å². The Bertz CT molecular complexity index is 383. The smallest absolute Gasteiger partial charge is 0.138 e. The molecule has 3 N–H and O–H groups in total. The molecule has 0 spiro atoms. The molecule has 0 aromatic carbocycles. The monoisotopic (exact) mass is 267 g/mol. The van der Waals surface area contributed by atoms with Gasteiger partial charge in [0.1, 0.15) is 5.75 Å². The molecule has 0 aliphatic carbocycles. The van der Waals surface area contributed by atoms with E-state index < -0.39 is 0 Å². The van der Waals surface area contributed by atoms with Gasteiger partial charge in [-0.1, -0.05) is 13.8 Å². The van der Waals surface area contributed by atoms with Crippen LogP contribution >= 0.6 is 0 Å². The van der Waals surface area contributed by atoms with Crippen molar-refractivity contribution in [2.75, 3.05) is 7.11 Å². The molecule has 1 heterocycles. The molecular weight excluding hydrogens is 242 g/mol. The van der Waals surface area contributed by atoms with Crippen LogP contribution in [-0.4, -0.2) is 24.3 Å². The highest BCUT2D eigenvalue weighted by Crippen LogP contribution is 2.25. The summed E-state index contributed by atoms with van der Waals surface area (Å²) in [7, 11) is 1.69. The third-order valence-corrected chi connectivity index (χ3v) is 2.90. The largest absolute Gasteiger partial charge is 0.489 e. The molecule has 0 aliphatic rings. The molecule has 1 aromatic rings. The molecular formula is C14H25N3O2. The lowest BCUT2D eigenvalue weighted by molar-refractivity contribution is 0.0324. The lowest BCUT2D eigenvalue weighted by atomic mass is 9.95. The van der Waals surface area contributed by atoms with Crippen molar-refractivity contribution in [3.05, 3.63) is 24.0 Å². The van der Waals surface area contributed by atoms with E-state index in [1.54, 1.807) is 19.5 Å². The Kier molecular flexibility index (Phi) is 6.21. The zero-order valence-corrected chi connectivity index (χ0v) is 12.4. The predicted molar refractivity (Wildman–Crippen MR) is 75.7 cm³/mol. The first kappa shape index (κ1) is 15.9. The first-order valence-corrected chi connectivity index (χ1v) is 6.60. The summed E-state index contributed by atoms with van der Waals surface area (Å²) in [6.07, 6.45) is 3.58. The first-order chi connectivity index (χ1) is 8.99. The molecule has 19 heavy (non-hydrogen) atoms. The summed E-state index contributed by atoms with van der Waals surface area (Å²) in [6, 6.07) is 1.83. The third-order valence-electron chi connectivity index (χ3n) is 2.90. The number of ether oxygens (including phenoxy) is 2. The van der Waals surface area contributed by atoms with Gasteiger partial charge in [0.2, 0.25) is 0 Å². The lowest BCUT2D eigenvalue weighted by Gasteiger charge is -2.28. The van der Waals surface area contributed by atoms with Crippen LogP contribution < -0.4 is 16.0 Å². The Balaban J connectivity index is 2.97. The Labute approximate surface area is 115 Å². The second-order valence-corrected chi connectivity index (χ2v) is 5.21. The summed E-state index contributed by atoms with van der Waals surface area (Å²) in [5.74, 6) is 6.75. The van der Waals surface area contributed by atoms with Crippen LogP contribution in [0, 0.1) is 5.92 Å². The van der Waals surface area contributed by atoms with E-state index in [2.05, 4.69) is 24.3 Å². The van der Waals surface area contributed by atoms with Crippen LogP contribution in [-0.2, 0) is 4.74 Å². The van der Waals surface area contributed by atoms with Crippen molar-refractivity contribution in [3.63, 3.8) is 0 Å². The standard InChI is InChI=1S/C14H25N3O2/c1-9(2)14(18-5)13(17-15)11-6-12(8-16-7-11)19-10(3)4/h6-10,13-14,17H,15H2,1-5H3. The average Bonchev–Trinajstić information content (AvgIpc) is 2.34. The molecule has 108 valence electrons. The van der Waals surface area contributed by atoms with E-state index in [9.17, 15) is 0 Å². The van der Waals surface area contributed by atoms with E-state index in [-0.39, 0.29) is 18.2 Å². The molecule has 0 radical (unpaired) electrons. The van der Waals surface area contributed by atoms with Crippen LogP contribution in [0.2, 0.25) is 0 Å². The molecule has 0 saturated heterocycles. The minimum absolute atomic E-state index is 0.0268. The SMILES string of the molecule is COC(C(C)C)C(NN)c1cncc(OC(C)C)c1.